The second-order valence-electron chi connectivity index (χ2n) is 8.51. The van der Waals surface area contributed by atoms with Gasteiger partial charge in [-0.3, -0.25) is 10.2 Å². The molecular formula is C26H22N4O4S2. The molecule has 0 amide bonds. The first-order chi connectivity index (χ1) is 17.1. The fourth-order valence-corrected chi connectivity index (χ4v) is 5.19. The molecule has 2 N–H and O–H groups in total. The molecule has 3 aromatic carbocycles. The number of rotatable bonds is 6. The third-order valence-corrected chi connectivity index (χ3v) is 7.98. The third kappa shape index (κ3) is 4.86. The van der Waals surface area contributed by atoms with Gasteiger partial charge in [-0.15, -0.1) is 0 Å². The lowest BCUT2D eigenvalue weighted by Gasteiger charge is -2.02. The number of H-pyrrole nitrogens is 2. The molecule has 0 atom stereocenters. The summed E-state index contributed by atoms with van der Waals surface area (Å²) in [5, 5.41) is 14.8. The smallest absolute Gasteiger partial charge is 0.175 e. The van der Waals surface area contributed by atoms with Gasteiger partial charge in [-0.05, 0) is 42.5 Å². The lowest BCUT2D eigenvalue weighted by atomic mass is 10.0. The van der Waals surface area contributed by atoms with Crippen LogP contribution in [0.1, 0.15) is 0 Å². The SMILES string of the molecule is CS(=O)(=O)c1cccc(-c2cc(-c3cccc(-c4cc(-c5cccc(S(C)(=O)=O)c5)[nH]n4)c3)n[nH]2)c1. The summed E-state index contributed by atoms with van der Waals surface area (Å²) in [5.41, 5.74) is 5.97. The molecule has 0 saturated heterocycles. The quantitative estimate of drug-likeness (QED) is 0.338. The predicted octanol–water partition coefficient (Wildman–Crippen LogP) is 4.61. The standard InChI is InChI=1S/C26H22N4O4S2/c1-35(31,32)21-10-4-8-19(13-21)25-15-23(27-29-25)17-6-3-7-18(12-17)24-16-26(30-28-24)20-9-5-11-22(14-20)36(2,33)34/h3-16H,1-2H3,(H,27,29)(H,28,30). The number of aromatic amines is 2. The van der Waals surface area contributed by atoms with E-state index in [-0.39, 0.29) is 9.79 Å². The van der Waals surface area contributed by atoms with Crippen LogP contribution in [-0.4, -0.2) is 49.7 Å². The largest absolute Gasteiger partial charge is 0.277 e. The Bertz CT molecular complexity index is 1670. The minimum atomic E-state index is -3.32. The van der Waals surface area contributed by atoms with Crippen LogP contribution >= 0.6 is 0 Å². The van der Waals surface area contributed by atoms with Gasteiger partial charge in [0.25, 0.3) is 0 Å². The Labute approximate surface area is 208 Å². The zero-order chi connectivity index (χ0) is 25.5. The number of hydrogen-bond acceptors (Lipinski definition) is 6. The number of hydrogen-bond donors (Lipinski definition) is 2. The van der Waals surface area contributed by atoms with E-state index in [2.05, 4.69) is 20.4 Å². The Kier molecular flexibility index (Phi) is 5.85. The van der Waals surface area contributed by atoms with Crippen molar-refractivity contribution in [3.63, 3.8) is 0 Å². The van der Waals surface area contributed by atoms with Crippen molar-refractivity contribution in [2.75, 3.05) is 12.5 Å². The van der Waals surface area contributed by atoms with Crippen molar-refractivity contribution in [2.24, 2.45) is 0 Å². The van der Waals surface area contributed by atoms with Crippen LogP contribution in [-0.2, 0) is 19.7 Å². The van der Waals surface area contributed by atoms with Crippen molar-refractivity contribution in [1.29, 1.82) is 0 Å². The first-order valence-electron chi connectivity index (χ1n) is 10.9. The van der Waals surface area contributed by atoms with E-state index >= 15 is 0 Å². The summed E-state index contributed by atoms with van der Waals surface area (Å²) < 4.78 is 47.6. The first kappa shape index (κ1) is 23.7. The Balaban J connectivity index is 1.44. The first-order valence-corrected chi connectivity index (χ1v) is 14.7. The second-order valence-corrected chi connectivity index (χ2v) is 12.5. The molecule has 0 radical (unpaired) electrons. The van der Waals surface area contributed by atoms with E-state index in [1.165, 1.54) is 12.5 Å². The zero-order valence-corrected chi connectivity index (χ0v) is 21.1. The van der Waals surface area contributed by atoms with Crippen molar-refractivity contribution in [3.8, 4) is 45.0 Å². The minimum absolute atomic E-state index is 0.245. The maximum atomic E-state index is 11.9. The molecule has 0 aliphatic heterocycles. The number of nitrogens with one attached hydrogen (secondary N) is 2. The molecule has 0 aliphatic rings. The summed E-state index contributed by atoms with van der Waals surface area (Å²) in [4.78, 5) is 0.490. The highest BCUT2D eigenvalue weighted by atomic mass is 32.2. The van der Waals surface area contributed by atoms with Gasteiger partial charge in [0.1, 0.15) is 0 Å². The van der Waals surface area contributed by atoms with E-state index in [0.717, 1.165) is 22.3 Å². The maximum absolute atomic E-state index is 11.9. The number of nitrogens with zero attached hydrogens (tertiary/aromatic N) is 2. The molecule has 0 saturated carbocycles. The van der Waals surface area contributed by atoms with Crippen molar-refractivity contribution in [2.45, 2.75) is 9.79 Å². The van der Waals surface area contributed by atoms with Crippen LogP contribution < -0.4 is 0 Å². The summed E-state index contributed by atoms with van der Waals surface area (Å²) in [6, 6.07) is 24.9. The van der Waals surface area contributed by atoms with Crippen molar-refractivity contribution < 1.29 is 16.8 Å². The second kappa shape index (κ2) is 8.89. The molecular weight excluding hydrogens is 496 g/mol. The highest BCUT2D eigenvalue weighted by Gasteiger charge is 2.13. The van der Waals surface area contributed by atoms with Gasteiger partial charge in [0.2, 0.25) is 0 Å². The zero-order valence-electron chi connectivity index (χ0n) is 19.4. The van der Waals surface area contributed by atoms with Gasteiger partial charge in [-0.1, -0.05) is 42.5 Å². The van der Waals surface area contributed by atoms with E-state index in [9.17, 15) is 16.8 Å². The van der Waals surface area contributed by atoms with Gasteiger partial charge < -0.3 is 0 Å². The van der Waals surface area contributed by atoms with Crippen LogP contribution in [0.15, 0.2) is 94.7 Å². The lowest BCUT2D eigenvalue weighted by molar-refractivity contribution is 0.600. The fourth-order valence-electron chi connectivity index (χ4n) is 3.86. The molecule has 5 aromatic rings. The summed E-state index contributed by atoms with van der Waals surface area (Å²) in [6.45, 7) is 0. The number of aromatic nitrogens is 4. The molecule has 0 spiro atoms. The molecule has 0 aliphatic carbocycles. The summed E-state index contributed by atoms with van der Waals surface area (Å²) in [5.74, 6) is 0. The molecule has 0 bridgehead atoms. The molecule has 0 fully saturated rings. The average molecular weight is 519 g/mol. The highest BCUT2D eigenvalue weighted by Crippen LogP contribution is 2.30. The third-order valence-electron chi connectivity index (χ3n) is 5.76. The number of sulfone groups is 2. The van der Waals surface area contributed by atoms with Crippen molar-refractivity contribution in [3.05, 3.63) is 84.9 Å². The van der Waals surface area contributed by atoms with Crippen LogP contribution in [0.4, 0.5) is 0 Å². The van der Waals surface area contributed by atoms with E-state index in [0.29, 0.717) is 22.8 Å². The van der Waals surface area contributed by atoms with E-state index in [1.54, 1.807) is 36.4 Å². The lowest BCUT2D eigenvalue weighted by Crippen LogP contribution is -1.96. The molecule has 8 nitrogen and oxygen atoms in total. The average Bonchev–Trinajstić information content (AvgIpc) is 3.54. The van der Waals surface area contributed by atoms with E-state index < -0.39 is 19.7 Å². The monoisotopic (exact) mass is 518 g/mol. The van der Waals surface area contributed by atoms with E-state index in [1.807, 2.05) is 48.5 Å². The topological polar surface area (TPSA) is 126 Å². The Morgan fingerprint density at radius 1 is 0.528 bits per heavy atom. The Morgan fingerprint density at radius 3 is 1.33 bits per heavy atom. The van der Waals surface area contributed by atoms with Crippen LogP contribution in [0, 0.1) is 0 Å². The predicted molar refractivity (Wildman–Crippen MR) is 139 cm³/mol. The van der Waals surface area contributed by atoms with Gasteiger partial charge >= 0.3 is 0 Å². The van der Waals surface area contributed by atoms with Gasteiger partial charge in [-0.25, -0.2) is 16.8 Å². The normalized spacial score (nSPS) is 12.1. The molecule has 2 heterocycles. The van der Waals surface area contributed by atoms with Gasteiger partial charge in [0.05, 0.1) is 32.6 Å². The van der Waals surface area contributed by atoms with Gasteiger partial charge in [0.15, 0.2) is 19.7 Å². The van der Waals surface area contributed by atoms with Crippen LogP contribution in [0.5, 0.6) is 0 Å². The van der Waals surface area contributed by atoms with Crippen LogP contribution in [0.25, 0.3) is 45.0 Å². The molecule has 182 valence electrons. The van der Waals surface area contributed by atoms with E-state index in [4.69, 9.17) is 0 Å². The summed E-state index contributed by atoms with van der Waals surface area (Å²) in [7, 11) is -6.63. The maximum Gasteiger partial charge on any atom is 0.175 e. The highest BCUT2D eigenvalue weighted by molar-refractivity contribution is 7.91. The minimum Gasteiger partial charge on any atom is -0.277 e. The summed E-state index contributed by atoms with van der Waals surface area (Å²) >= 11 is 0. The number of benzene rings is 3. The fraction of sp³-hybridized carbons (Fsp3) is 0.0769. The Morgan fingerprint density at radius 2 is 0.917 bits per heavy atom. The summed E-state index contributed by atoms with van der Waals surface area (Å²) in [6.07, 6.45) is 2.36. The van der Waals surface area contributed by atoms with Gasteiger partial charge in [0, 0.05) is 34.8 Å². The van der Waals surface area contributed by atoms with Crippen molar-refractivity contribution in [1.82, 2.24) is 20.4 Å². The van der Waals surface area contributed by atoms with Crippen molar-refractivity contribution >= 4 is 19.7 Å². The molecule has 36 heavy (non-hydrogen) atoms. The molecule has 5 rings (SSSR count). The molecule has 0 unspecified atom stereocenters. The van der Waals surface area contributed by atoms with Gasteiger partial charge in [-0.2, -0.15) is 10.2 Å². The molecule has 2 aromatic heterocycles. The van der Waals surface area contributed by atoms with Crippen LogP contribution in [0.3, 0.4) is 0 Å². The molecule has 10 heteroatoms. The Hall–Kier alpha value is -4.02. The van der Waals surface area contributed by atoms with Crippen LogP contribution in [0.2, 0.25) is 0 Å².